The van der Waals surface area contributed by atoms with Gasteiger partial charge in [0, 0.05) is 12.2 Å². The lowest BCUT2D eigenvalue weighted by Crippen LogP contribution is -2.24. The first-order valence-electron chi connectivity index (χ1n) is 9.39. The highest BCUT2D eigenvalue weighted by Gasteiger charge is 2.19. The first-order valence-corrected chi connectivity index (χ1v) is 10.9. The molecule has 0 bridgehead atoms. The highest BCUT2D eigenvalue weighted by Crippen LogP contribution is 2.19. The minimum atomic E-state index is -3.92. The van der Waals surface area contributed by atoms with E-state index >= 15 is 0 Å². The highest BCUT2D eigenvalue weighted by atomic mass is 32.2. The number of nitrogens with one attached hydrogen (secondary N) is 2. The molecule has 0 fully saturated rings. The van der Waals surface area contributed by atoms with Gasteiger partial charge in [-0.3, -0.25) is 4.79 Å². The summed E-state index contributed by atoms with van der Waals surface area (Å²) < 4.78 is 42.0. The van der Waals surface area contributed by atoms with Gasteiger partial charge in [-0.05, 0) is 67.8 Å². The maximum absolute atomic E-state index is 14.3. The summed E-state index contributed by atoms with van der Waals surface area (Å²) in [4.78, 5) is 12.4. The molecule has 7 heteroatoms. The number of carbonyl (C=O) groups excluding carboxylic acids is 1. The summed E-state index contributed by atoms with van der Waals surface area (Å²) >= 11 is 0. The summed E-state index contributed by atoms with van der Waals surface area (Å²) in [6.07, 6.45) is 0. The van der Waals surface area contributed by atoms with Crippen molar-refractivity contribution in [1.82, 2.24) is 4.72 Å². The van der Waals surface area contributed by atoms with Gasteiger partial charge in [-0.25, -0.2) is 17.5 Å². The zero-order valence-corrected chi connectivity index (χ0v) is 17.8. The van der Waals surface area contributed by atoms with Crippen LogP contribution in [0.5, 0.6) is 0 Å². The molecular formula is C23H23FN2O3S. The number of hydrogen-bond acceptors (Lipinski definition) is 3. The van der Waals surface area contributed by atoms with Crippen molar-refractivity contribution in [2.45, 2.75) is 32.2 Å². The lowest BCUT2D eigenvalue weighted by atomic mass is 10.1. The monoisotopic (exact) mass is 426 g/mol. The summed E-state index contributed by atoms with van der Waals surface area (Å²) in [5.74, 6) is -1.51. The van der Waals surface area contributed by atoms with Gasteiger partial charge < -0.3 is 5.32 Å². The van der Waals surface area contributed by atoms with E-state index in [-0.39, 0.29) is 17.0 Å². The smallest absolute Gasteiger partial charge is 0.258 e. The molecule has 0 aromatic heterocycles. The summed E-state index contributed by atoms with van der Waals surface area (Å²) in [5.41, 5.74) is 4.06. The van der Waals surface area contributed by atoms with Gasteiger partial charge in [0.1, 0.15) is 5.82 Å². The van der Waals surface area contributed by atoms with Crippen molar-refractivity contribution in [1.29, 1.82) is 0 Å². The number of carbonyl (C=O) groups is 1. The number of rotatable bonds is 6. The van der Waals surface area contributed by atoms with E-state index in [1.165, 1.54) is 0 Å². The Morgan fingerprint density at radius 3 is 2.27 bits per heavy atom. The third-order valence-electron chi connectivity index (χ3n) is 4.84. The number of aryl methyl sites for hydroxylation is 3. The zero-order valence-electron chi connectivity index (χ0n) is 17.0. The van der Waals surface area contributed by atoms with Crippen molar-refractivity contribution in [2.75, 3.05) is 5.32 Å². The number of benzene rings is 3. The van der Waals surface area contributed by atoms with Crippen LogP contribution in [0.25, 0.3) is 0 Å². The van der Waals surface area contributed by atoms with Crippen LogP contribution in [0.2, 0.25) is 0 Å². The van der Waals surface area contributed by atoms with E-state index in [2.05, 4.69) is 10.0 Å². The normalized spacial score (nSPS) is 11.3. The topological polar surface area (TPSA) is 75.3 Å². The van der Waals surface area contributed by atoms with E-state index in [0.29, 0.717) is 5.69 Å². The molecule has 30 heavy (non-hydrogen) atoms. The number of sulfonamides is 1. The molecule has 5 nitrogen and oxygen atoms in total. The maximum atomic E-state index is 14.3. The average molecular weight is 427 g/mol. The van der Waals surface area contributed by atoms with Gasteiger partial charge in [-0.15, -0.1) is 0 Å². The van der Waals surface area contributed by atoms with Gasteiger partial charge in [0.05, 0.1) is 10.5 Å². The minimum absolute atomic E-state index is 0.0875. The Balaban J connectivity index is 1.79. The van der Waals surface area contributed by atoms with Crippen molar-refractivity contribution in [3.63, 3.8) is 0 Å². The van der Waals surface area contributed by atoms with Crippen molar-refractivity contribution in [3.8, 4) is 0 Å². The molecule has 0 aliphatic carbocycles. The molecule has 0 spiro atoms. The van der Waals surface area contributed by atoms with Crippen LogP contribution in [0.15, 0.2) is 65.6 Å². The molecule has 0 saturated carbocycles. The fourth-order valence-electron chi connectivity index (χ4n) is 2.83. The zero-order chi connectivity index (χ0) is 21.9. The Morgan fingerprint density at radius 1 is 0.900 bits per heavy atom. The van der Waals surface area contributed by atoms with E-state index in [9.17, 15) is 17.6 Å². The van der Waals surface area contributed by atoms with Gasteiger partial charge in [-0.1, -0.05) is 35.9 Å². The Morgan fingerprint density at radius 2 is 1.60 bits per heavy atom. The molecule has 2 N–H and O–H groups in total. The fourth-order valence-corrected chi connectivity index (χ4v) is 3.87. The standard InChI is InChI=1S/C23H23FN2O3S/c1-15-4-7-18(8-5-15)14-25-30(28,29)20-10-11-22(24)21(13-20)23(27)26-19-9-6-16(2)17(3)12-19/h4-13,25H,14H2,1-3H3,(H,26,27). The predicted octanol–water partition coefficient (Wildman–Crippen LogP) is 4.48. The molecule has 1 amide bonds. The van der Waals surface area contributed by atoms with E-state index < -0.39 is 21.7 Å². The quantitative estimate of drug-likeness (QED) is 0.610. The summed E-state index contributed by atoms with van der Waals surface area (Å²) in [6, 6.07) is 15.9. The number of anilines is 1. The Bertz CT molecular complexity index is 1190. The predicted molar refractivity (Wildman–Crippen MR) is 115 cm³/mol. The van der Waals surface area contributed by atoms with Crippen LogP contribution >= 0.6 is 0 Å². The molecule has 3 aromatic rings. The first kappa shape index (κ1) is 21.7. The Labute approximate surface area is 176 Å². The second-order valence-electron chi connectivity index (χ2n) is 7.20. The number of hydrogen-bond donors (Lipinski definition) is 2. The lowest BCUT2D eigenvalue weighted by molar-refractivity contribution is 0.102. The molecule has 3 rings (SSSR count). The summed E-state index contributed by atoms with van der Waals surface area (Å²) in [7, 11) is -3.92. The van der Waals surface area contributed by atoms with Crippen molar-refractivity contribution in [2.24, 2.45) is 0 Å². The molecule has 156 valence electrons. The van der Waals surface area contributed by atoms with Gasteiger partial charge >= 0.3 is 0 Å². The summed E-state index contributed by atoms with van der Waals surface area (Å²) in [5, 5.41) is 2.61. The van der Waals surface area contributed by atoms with Crippen molar-refractivity contribution in [3.05, 3.63) is 94.3 Å². The van der Waals surface area contributed by atoms with Crippen LogP contribution in [0, 0.1) is 26.6 Å². The van der Waals surface area contributed by atoms with Gasteiger partial charge in [0.2, 0.25) is 10.0 Å². The van der Waals surface area contributed by atoms with Crippen LogP contribution in [0.3, 0.4) is 0 Å². The highest BCUT2D eigenvalue weighted by molar-refractivity contribution is 7.89. The van der Waals surface area contributed by atoms with Crippen LogP contribution in [0.1, 0.15) is 32.6 Å². The molecule has 0 saturated heterocycles. The molecule has 0 radical (unpaired) electrons. The molecule has 0 heterocycles. The molecule has 0 unspecified atom stereocenters. The van der Waals surface area contributed by atoms with Crippen LogP contribution in [-0.2, 0) is 16.6 Å². The minimum Gasteiger partial charge on any atom is -0.322 e. The van der Waals surface area contributed by atoms with Gasteiger partial charge in [0.15, 0.2) is 0 Å². The van der Waals surface area contributed by atoms with Crippen molar-refractivity contribution >= 4 is 21.6 Å². The number of amides is 1. The SMILES string of the molecule is Cc1ccc(CNS(=O)(=O)c2ccc(F)c(C(=O)Nc3ccc(C)c(C)c3)c2)cc1. The molecule has 3 aromatic carbocycles. The Kier molecular flexibility index (Phi) is 6.34. The van der Waals surface area contributed by atoms with Crippen LogP contribution in [0.4, 0.5) is 10.1 Å². The summed E-state index contributed by atoms with van der Waals surface area (Å²) in [6.45, 7) is 5.87. The second kappa shape index (κ2) is 8.77. The molecule has 0 atom stereocenters. The molecule has 0 aliphatic rings. The van der Waals surface area contributed by atoms with Crippen molar-refractivity contribution < 1.29 is 17.6 Å². The van der Waals surface area contributed by atoms with Crippen LogP contribution in [-0.4, -0.2) is 14.3 Å². The number of halogens is 1. The third-order valence-corrected chi connectivity index (χ3v) is 6.24. The second-order valence-corrected chi connectivity index (χ2v) is 8.97. The lowest BCUT2D eigenvalue weighted by Gasteiger charge is -2.11. The Hall–Kier alpha value is -3.03. The molecule has 0 aliphatic heterocycles. The van der Waals surface area contributed by atoms with E-state index in [0.717, 1.165) is 40.5 Å². The van der Waals surface area contributed by atoms with Gasteiger partial charge in [-0.2, -0.15) is 0 Å². The van der Waals surface area contributed by atoms with E-state index in [1.807, 2.05) is 51.1 Å². The average Bonchev–Trinajstić information content (AvgIpc) is 2.70. The molecular weight excluding hydrogens is 403 g/mol. The third kappa shape index (κ3) is 5.11. The largest absolute Gasteiger partial charge is 0.322 e. The van der Waals surface area contributed by atoms with E-state index in [1.54, 1.807) is 12.1 Å². The maximum Gasteiger partial charge on any atom is 0.258 e. The first-order chi connectivity index (χ1) is 14.2. The van der Waals surface area contributed by atoms with E-state index in [4.69, 9.17) is 0 Å². The van der Waals surface area contributed by atoms with Gasteiger partial charge in [0.25, 0.3) is 5.91 Å². The van der Waals surface area contributed by atoms with Crippen LogP contribution < -0.4 is 10.0 Å². The fraction of sp³-hybridized carbons (Fsp3) is 0.174.